The van der Waals surface area contributed by atoms with Crippen molar-refractivity contribution in [2.45, 2.75) is 34.7 Å². The Balaban J connectivity index is 1.35. The van der Waals surface area contributed by atoms with Gasteiger partial charge in [0.25, 0.3) is 11.2 Å². The summed E-state index contributed by atoms with van der Waals surface area (Å²) in [4.78, 5) is 33.3. The summed E-state index contributed by atoms with van der Waals surface area (Å²) < 4.78 is 0. The molecule has 0 unspecified atom stereocenters. The maximum absolute atomic E-state index is 12.5. The molecule has 0 radical (unpaired) electrons. The van der Waals surface area contributed by atoms with Crippen molar-refractivity contribution in [3.8, 4) is 0 Å². The highest BCUT2D eigenvalue weighted by Gasteiger charge is 2.21. The van der Waals surface area contributed by atoms with Gasteiger partial charge in [0.2, 0.25) is 0 Å². The third-order valence-corrected chi connectivity index (χ3v) is 8.50. The van der Waals surface area contributed by atoms with Crippen LogP contribution in [0.5, 0.6) is 0 Å². The number of fused-ring (bicyclic) bond motifs is 3. The molecule has 0 saturated carbocycles. The van der Waals surface area contributed by atoms with E-state index in [0.29, 0.717) is 16.7 Å². The minimum absolute atomic E-state index is 0.0572. The summed E-state index contributed by atoms with van der Waals surface area (Å²) in [7, 11) is 0. The Labute approximate surface area is 178 Å². The van der Waals surface area contributed by atoms with Crippen molar-refractivity contribution >= 4 is 62.4 Å². The molecular weight excluding hydrogens is 438 g/mol. The van der Waals surface area contributed by atoms with Gasteiger partial charge in [0.1, 0.15) is 4.83 Å². The van der Waals surface area contributed by atoms with Crippen LogP contribution in [-0.2, 0) is 12.8 Å². The molecule has 1 aliphatic carbocycles. The number of alkyl halides is 1. The van der Waals surface area contributed by atoms with Crippen molar-refractivity contribution in [1.82, 2.24) is 9.97 Å². The third-order valence-electron chi connectivity index (χ3n) is 4.43. The number of rotatable bonds is 7. The SMILES string of the molecule is O=c1[nH]c(SC[C@H](Cl)CSc2ccc([N+](=O)[O-])cc2)nc2sc3c(c12)CCC3. The number of aromatic amines is 1. The average molecular weight is 454 g/mol. The molecule has 28 heavy (non-hydrogen) atoms. The van der Waals surface area contributed by atoms with E-state index >= 15 is 0 Å². The van der Waals surface area contributed by atoms with E-state index in [1.807, 2.05) is 0 Å². The Bertz CT molecular complexity index is 1080. The fraction of sp³-hybridized carbons (Fsp3) is 0.333. The molecule has 1 N–H and O–H groups in total. The first-order valence-corrected chi connectivity index (χ1v) is 11.9. The molecule has 0 bridgehead atoms. The number of aryl methyl sites for hydroxylation is 2. The largest absolute Gasteiger partial charge is 0.301 e. The van der Waals surface area contributed by atoms with Crippen LogP contribution in [0.25, 0.3) is 10.2 Å². The predicted molar refractivity (Wildman–Crippen MR) is 116 cm³/mol. The standard InChI is InChI=1S/C18H16ClN3O3S3/c19-10(8-26-12-6-4-11(5-7-12)22(24)25)9-27-18-20-16(23)15-13-2-1-3-14(13)28-17(15)21-18/h4-7,10H,1-3,8-9H2,(H,20,21,23)/t10-/m1/s1. The Morgan fingerprint density at radius 2 is 2.00 bits per heavy atom. The van der Waals surface area contributed by atoms with Gasteiger partial charge in [-0.1, -0.05) is 11.8 Å². The van der Waals surface area contributed by atoms with E-state index in [0.717, 1.165) is 34.4 Å². The lowest BCUT2D eigenvalue weighted by molar-refractivity contribution is -0.384. The van der Waals surface area contributed by atoms with Crippen LogP contribution in [-0.4, -0.2) is 31.8 Å². The van der Waals surface area contributed by atoms with E-state index in [2.05, 4.69) is 9.97 Å². The number of halogens is 1. The van der Waals surface area contributed by atoms with Gasteiger partial charge in [0.05, 0.1) is 15.7 Å². The van der Waals surface area contributed by atoms with Crippen LogP contribution in [0.4, 0.5) is 5.69 Å². The number of H-pyrrole nitrogens is 1. The summed E-state index contributed by atoms with van der Waals surface area (Å²) in [5.74, 6) is 1.27. The van der Waals surface area contributed by atoms with Crippen molar-refractivity contribution in [3.63, 3.8) is 0 Å². The Kier molecular flexibility index (Phi) is 5.96. The average Bonchev–Trinajstić information content (AvgIpc) is 3.25. The molecule has 0 amide bonds. The zero-order valence-electron chi connectivity index (χ0n) is 14.6. The molecule has 146 valence electrons. The number of thiophene rings is 1. The number of nitrogens with one attached hydrogen (secondary N) is 1. The van der Waals surface area contributed by atoms with Crippen LogP contribution in [0.2, 0.25) is 0 Å². The van der Waals surface area contributed by atoms with Gasteiger partial charge in [-0.15, -0.1) is 34.7 Å². The second kappa shape index (κ2) is 8.44. The number of hydrogen-bond donors (Lipinski definition) is 1. The number of nitro groups is 1. The number of benzene rings is 1. The summed E-state index contributed by atoms with van der Waals surface area (Å²) in [5.41, 5.74) is 1.20. The highest BCUT2D eigenvalue weighted by atomic mass is 35.5. The minimum atomic E-state index is -0.414. The van der Waals surface area contributed by atoms with Crippen molar-refractivity contribution < 1.29 is 4.92 Å². The first-order valence-electron chi connectivity index (χ1n) is 8.70. The molecule has 0 saturated heterocycles. The topological polar surface area (TPSA) is 88.9 Å². The van der Waals surface area contributed by atoms with E-state index in [4.69, 9.17) is 11.6 Å². The molecule has 2 heterocycles. The van der Waals surface area contributed by atoms with Gasteiger partial charge >= 0.3 is 0 Å². The maximum Gasteiger partial charge on any atom is 0.269 e. The molecule has 0 spiro atoms. The molecule has 3 aromatic rings. The first-order chi connectivity index (χ1) is 13.5. The van der Waals surface area contributed by atoms with Crippen LogP contribution in [0.15, 0.2) is 39.1 Å². The number of nitrogens with zero attached hydrogens (tertiary/aromatic N) is 2. The molecule has 10 heteroatoms. The van der Waals surface area contributed by atoms with Crippen LogP contribution < -0.4 is 5.56 Å². The number of non-ortho nitro benzene ring substituents is 1. The monoisotopic (exact) mass is 453 g/mol. The molecule has 1 aliphatic rings. The zero-order valence-corrected chi connectivity index (χ0v) is 17.8. The Morgan fingerprint density at radius 1 is 1.25 bits per heavy atom. The lowest BCUT2D eigenvalue weighted by Crippen LogP contribution is -2.11. The molecule has 0 aliphatic heterocycles. The fourth-order valence-corrected chi connectivity index (χ4v) is 6.56. The van der Waals surface area contributed by atoms with Crippen LogP contribution in [0, 0.1) is 10.1 Å². The lowest BCUT2D eigenvalue weighted by atomic mass is 10.2. The number of hydrogen-bond acceptors (Lipinski definition) is 7. The molecule has 1 aromatic carbocycles. The summed E-state index contributed by atoms with van der Waals surface area (Å²) in [6.07, 6.45) is 3.13. The van der Waals surface area contributed by atoms with Crippen LogP contribution in [0.3, 0.4) is 0 Å². The Hall–Kier alpha value is -1.55. The van der Waals surface area contributed by atoms with Crippen molar-refractivity contribution in [2.24, 2.45) is 0 Å². The van der Waals surface area contributed by atoms with E-state index in [1.54, 1.807) is 35.2 Å². The summed E-state index contributed by atoms with van der Waals surface area (Å²) in [6.45, 7) is 0. The van der Waals surface area contributed by atoms with Gasteiger partial charge in [0.15, 0.2) is 5.16 Å². The van der Waals surface area contributed by atoms with Crippen molar-refractivity contribution in [2.75, 3.05) is 11.5 Å². The normalized spacial score (nSPS) is 14.3. The minimum Gasteiger partial charge on any atom is -0.301 e. The number of thioether (sulfide) groups is 2. The van der Waals surface area contributed by atoms with Gasteiger partial charge in [-0.05, 0) is 37.0 Å². The summed E-state index contributed by atoms with van der Waals surface area (Å²) in [6, 6.07) is 6.43. The van der Waals surface area contributed by atoms with Crippen LogP contribution in [0.1, 0.15) is 16.9 Å². The van der Waals surface area contributed by atoms with Gasteiger partial charge in [0, 0.05) is 33.4 Å². The first kappa shape index (κ1) is 19.8. The highest BCUT2D eigenvalue weighted by Crippen LogP contribution is 2.35. The van der Waals surface area contributed by atoms with Gasteiger partial charge in [-0.3, -0.25) is 14.9 Å². The smallest absolute Gasteiger partial charge is 0.269 e. The summed E-state index contributed by atoms with van der Waals surface area (Å²) >= 11 is 11.0. The second-order valence-electron chi connectivity index (χ2n) is 6.38. The Morgan fingerprint density at radius 3 is 2.75 bits per heavy atom. The van der Waals surface area contributed by atoms with E-state index in [-0.39, 0.29) is 16.6 Å². The van der Waals surface area contributed by atoms with Gasteiger partial charge < -0.3 is 4.98 Å². The highest BCUT2D eigenvalue weighted by molar-refractivity contribution is 8.00. The molecule has 6 nitrogen and oxygen atoms in total. The fourth-order valence-electron chi connectivity index (χ4n) is 3.12. The number of nitro benzene ring substituents is 1. The van der Waals surface area contributed by atoms with Gasteiger partial charge in [-0.25, -0.2) is 4.98 Å². The van der Waals surface area contributed by atoms with Gasteiger partial charge in [-0.2, -0.15) is 0 Å². The molecular formula is C18H16ClN3O3S3. The lowest BCUT2D eigenvalue weighted by Gasteiger charge is -2.08. The quantitative estimate of drug-likeness (QED) is 0.180. The van der Waals surface area contributed by atoms with E-state index in [9.17, 15) is 14.9 Å². The van der Waals surface area contributed by atoms with Crippen molar-refractivity contribution in [3.05, 3.63) is 55.2 Å². The second-order valence-corrected chi connectivity index (χ2v) is 10.2. The maximum atomic E-state index is 12.5. The van der Waals surface area contributed by atoms with Crippen molar-refractivity contribution in [1.29, 1.82) is 0 Å². The molecule has 2 aromatic heterocycles. The molecule has 1 atom stereocenters. The predicted octanol–water partition coefficient (Wildman–Crippen LogP) is 4.87. The number of aromatic nitrogens is 2. The molecule has 4 rings (SSSR count). The summed E-state index contributed by atoms with van der Waals surface area (Å²) in [5, 5.41) is 11.9. The third kappa shape index (κ3) is 4.22. The zero-order chi connectivity index (χ0) is 19.7. The van der Waals surface area contributed by atoms with E-state index in [1.165, 1.54) is 34.3 Å². The van der Waals surface area contributed by atoms with E-state index < -0.39 is 4.92 Å². The van der Waals surface area contributed by atoms with Crippen LogP contribution >= 0.6 is 46.5 Å². The molecule has 0 fully saturated rings.